The minimum atomic E-state index is -5.05. The second kappa shape index (κ2) is 8.99. The van der Waals surface area contributed by atoms with Crippen LogP contribution in [0, 0.1) is 5.82 Å². The van der Waals surface area contributed by atoms with Crippen molar-refractivity contribution in [2.24, 2.45) is 7.05 Å². The van der Waals surface area contributed by atoms with E-state index in [0.717, 1.165) is 34.6 Å². The van der Waals surface area contributed by atoms with E-state index in [9.17, 15) is 27.5 Å². The van der Waals surface area contributed by atoms with E-state index in [4.69, 9.17) is 4.74 Å². The van der Waals surface area contributed by atoms with Gasteiger partial charge < -0.3 is 15.2 Å². The van der Waals surface area contributed by atoms with Crippen LogP contribution in [-0.2, 0) is 7.05 Å². The Morgan fingerprint density at radius 1 is 1.25 bits per heavy atom. The van der Waals surface area contributed by atoms with Gasteiger partial charge in [0.1, 0.15) is 11.6 Å². The summed E-state index contributed by atoms with van der Waals surface area (Å²) in [5.74, 6) is -1.58. The molecule has 0 saturated heterocycles. The van der Waals surface area contributed by atoms with E-state index in [1.54, 1.807) is 0 Å². The molecule has 1 heterocycles. The van der Waals surface area contributed by atoms with Crippen LogP contribution in [-0.4, -0.2) is 45.8 Å². The lowest BCUT2D eigenvalue weighted by Crippen LogP contribution is -2.54. The lowest BCUT2D eigenvalue weighted by Gasteiger charge is -2.39. The number of benzene rings is 2. The van der Waals surface area contributed by atoms with E-state index in [2.05, 4.69) is 10.4 Å². The Bertz CT molecular complexity index is 1190. The summed E-state index contributed by atoms with van der Waals surface area (Å²) in [6.07, 6.45) is -2.27. The summed E-state index contributed by atoms with van der Waals surface area (Å²) in [5.41, 5.74) is -3.64. The minimum Gasteiger partial charge on any atom is -0.496 e. The fourth-order valence-corrected chi connectivity index (χ4v) is 4.24. The summed E-state index contributed by atoms with van der Waals surface area (Å²) in [4.78, 5) is 12.4. The first kappa shape index (κ1) is 23.9. The first-order chi connectivity index (χ1) is 15.0. The molecule has 2 unspecified atom stereocenters. The molecule has 0 saturated carbocycles. The van der Waals surface area contributed by atoms with Crippen LogP contribution in [0.2, 0.25) is 0 Å². The van der Waals surface area contributed by atoms with Gasteiger partial charge in [0, 0.05) is 35.5 Å². The van der Waals surface area contributed by atoms with E-state index >= 15 is 0 Å². The Kier molecular flexibility index (Phi) is 6.70. The van der Waals surface area contributed by atoms with E-state index in [1.807, 2.05) is 0 Å². The number of halogens is 4. The van der Waals surface area contributed by atoms with E-state index in [0.29, 0.717) is 0 Å². The molecular weight excluding hydrogens is 450 g/mol. The number of ether oxygens (including phenoxy) is 1. The molecule has 3 rings (SSSR count). The van der Waals surface area contributed by atoms with Crippen LogP contribution >= 0.6 is 11.8 Å². The number of nitrogens with zero attached hydrogens (tertiary/aromatic N) is 2. The number of aliphatic hydroxyl groups is 1. The Hall–Kier alpha value is -2.79. The molecular formula is C21H21F4N3O3S. The quantitative estimate of drug-likeness (QED) is 0.510. The molecule has 6 nitrogen and oxygen atoms in total. The number of nitrogens with one attached hydrogen (secondary N) is 1. The highest BCUT2D eigenvalue weighted by Gasteiger charge is 2.59. The lowest BCUT2D eigenvalue weighted by atomic mass is 9.88. The van der Waals surface area contributed by atoms with Crippen molar-refractivity contribution in [3.05, 3.63) is 64.3 Å². The summed E-state index contributed by atoms with van der Waals surface area (Å²) in [5, 5.41) is 18.1. The number of aromatic nitrogens is 2. The highest BCUT2D eigenvalue weighted by atomic mass is 32.2. The van der Waals surface area contributed by atoms with Gasteiger partial charge in [0.2, 0.25) is 0 Å². The van der Waals surface area contributed by atoms with Crippen LogP contribution in [0.15, 0.2) is 47.4 Å². The third-order valence-electron chi connectivity index (χ3n) is 5.13. The number of hydrogen-bond acceptors (Lipinski definition) is 6. The lowest BCUT2D eigenvalue weighted by molar-refractivity contribution is -0.256. The molecule has 0 amide bonds. The van der Waals surface area contributed by atoms with Gasteiger partial charge in [-0.3, -0.25) is 4.79 Å². The van der Waals surface area contributed by atoms with Crippen LogP contribution in [0.3, 0.4) is 0 Å². The Morgan fingerprint density at radius 2 is 1.97 bits per heavy atom. The normalized spacial score (nSPS) is 14.8. The summed E-state index contributed by atoms with van der Waals surface area (Å²) in [7, 11) is 2.65. The van der Waals surface area contributed by atoms with Gasteiger partial charge >= 0.3 is 6.18 Å². The Balaban J connectivity index is 2.26. The molecule has 172 valence electrons. The average Bonchev–Trinajstić information content (AvgIpc) is 2.74. The van der Waals surface area contributed by atoms with Crippen molar-refractivity contribution in [1.82, 2.24) is 9.78 Å². The van der Waals surface area contributed by atoms with Crippen LogP contribution < -0.4 is 15.6 Å². The zero-order chi connectivity index (χ0) is 23.7. The molecule has 11 heteroatoms. The minimum absolute atomic E-state index is 0.100. The Morgan fingerprint density at radius 3 is 2.59 bits per heavy atom. The molecule has 3 aromatic rings. The number of alkyl halides is 3. The number of thioether (sulfide) groups is 1. The summed E-state index contributed by atoms with van der Waals surface area (Å²) < 4.78 is 62.6. The second-order valence-electron chi connectivity index (χ2n) is 7.16. The molecule has 0 spiro atoms. The van der Waals surface area contributed by atoms with Gasteiger partial charge in [0.05, 0.1) is 24.7 Å². The highest BCUT2D eigenvalue weighted by Crippen LogP contribution is 2.46. The molecule has 0 aliphatic carbocycles. The van der Waals surface area contributed by atoms with Crippen molar-refractivity contribution >= 4 is 28.2 Å². The van der Waals surface area contributed by atoms with Crippen molar-refractivity contribution in [3.8, 4) is 5.75 Å². The van der Waals surface area contributed by atoms with Crippen molar-refractivity contribution < 1.29 is 27.4 Å². The smallest absolute Gasteiger partial charge is 0.420 e. The molecule has 0 fully saturated rings. The highest BCUT2D eigenvalue weighted by molar-refractivity contribution is 7.98. The van der Waals surface area contributed by atoms with E-state index in [1.165, 1.54) is 44.8 Å². The van der Waals surface area contributed by atoms with Gasteiger partial charge in [0.15, 0.2) is 5.60 Å². The van der Waals surface area contributed by atoms with Crippen molar-refractivity contribution in [1.29, 1.82) is 0 Å². The fraction of sp³-hybridized carbons (Fsp3) is 0.333. The number of methoxy groups -OCH3 is 1. The zero-order valence-electron chi connectivity index (χ0n) is 17.4. The molecule has 2 N–H and O–H groups in total. The molecule has 2 aromatic carbocycles. The van der Waals surface area contributed by atoms with Crippen LogP contribution in [0.25, 0.3) is 10.8 Å². The topological polar surface area (TPSA) is 76.4 Å². The largest absolute Gasteiger partial charge is 0.496 e. The molecule has 1 aromatic heterocycles. The number of hydrogen-bond donors (Lipinski definition) is 2. The van der Waals surface area contributed by atoms with Gasteiger partial charge in [0.25, 0.3) is 5.56 Å². The number of aryl methyl sites for hydroxylation is 1. The monoisotopic (exact) mass is 471 g/mol. The van der Waals surface area contributed by atoms with Crippen molar-refractivity contribution in [2.75, 3.05) is 24.4 Å². The molecule has 32 heavy (non-hydrogen) atoms. The maximum atomic E-state index is 14.2. The van der Waals surface area contributed by atoms with E-state index < -0.39 is 34.9 Å². The van der Waals surface area contributed by atoms with Gasteiger partial charge in [-0.1, -0.05) is 12.1 Å². The van der Waals surface area contributed by atoms with Crippen molar-refractivity contribution in [3.63, 3.8) is 0 Å². The standard InChI is InChI=1S/C21H21F4N3O3S/c1-28-19(29)13-5-4-6-16(15(13)10-26-28)27-18(20(30,11-32-3)21(23,24)25)14-8-7-12(22)9-17(14)31-2/h4-10,18,27,30H,11H2,1-3H3. The molecule has 0 aliphatic heterocycles. The van der Waals surface area contributed by atoms with Gasteiger partial charge in [-0.25, -0.2) is 9.07 Å². The maximum absolute atomic E-state index is 14.2. The first-order valence-corrected chi connectivity index (χ1v) is 10.8. The number of fused-ring (bicyclic) bond motifs is 1. The van der Waals surface area contributed by atoms with E-state index in [-0.39, 0.29) is 27.8 Å². The third kappa shape index (κ3) is 4.26. The predicted octanol–water partition coefficient (Wildman–Crippen LogP) is 3.89. The summed E-state index contributed by atoms with van der Waals surface area (Å²) in [6, 6.07) is 5.78. The summed E-state index contributed by atoms with van der Waals surface area (Å²) in [6.45, 7) is 0. The molecule has 2 atom stereocenters. The number of anilines is 1. The Labute approximate surface area is 185 Å². The molecule has 0 aliphatic rings. The second-order valence-corrected chi connectivity index (χ2v) is 8.02. The fourth-order valence-electron chi connectivity index (χ4n) is 3.47. The van der Waals surface area contributed by atoms with Crippen molar-refractivity contribution in [2.45, 2.75) is 17.8 Å². The molecule has 0 radical (unpaired) electrons. The maximum Gasteiger partial charge on any atom is 0.420 e. The predicted molar refractivity (Wildman–Crippen MR) is 116 cm³/mol. The van der Waals surface area contributed by atoms with Gasteiger partial charge in [-0.05, 0) is 24.5 Å². The van der Waals surface area contributed by atoms with Crippen LogP contribution in [0.1, 0.15) is 11.6 Å². The zero-order valence-corrected chi connectivity index (χ0v) is 18.2. The third-order valence-corrected chi connectivity index (χ3v) is 5.86. The first-order valence-electron chi connectivity index (χ1n) is 9.36. The van der Waals surface area contributed by atoms with Crippen LogP contribution in [0.5, 0.6) is 5.75 Å². The number of rotatable bonds is 7. The van der Waals surface area contributed by atoms with Gasteiger partial charge in [-0.2, -0.15) is 30.0 Å². The molecule has 0 bridgehead atoms. The van der Waals surface area contributed by atoms with Gasteiger partial charge in [-0.15, -0.1) is 0 Å². The average molecular weight is 471 g/mol. The SMILES string of the molecule is COc1cc(F)ccc1C(Nc1cccc2c(=O)n(C)ncc12)C(O)(CSC)C(F)(F)F. The summed E-state index contributed by atoms with van der Waals surface area (Å²) >= 11 is 0.803. The van der Waals surface area contributed by atoms with Crippen LogP contribution in [0.4, 0.5) is 23.2 Å².